The molecule has 1 unspecified atom stereocenters. The highest BCUT2D eigenvalue weighted by atomic mass is 32.2. The number of nitrogens with one attached hydrogen (secondary N) is 2. The number of carbonyl (C=O) groups is 3. The zero-order chi connectivity index (χ0) is 27.6. The maximum absolute atomic E-state index is 13.0. The van der Waals surface area contributed by atoms with Gasteiger partial charge in [0.15, 0.2) is 24.1 Å². The largest absolute Gasteiger partial charge is 0.477 e. The van der Waals surface area contributed by atoms with Crippen molar-refractivity contribution in [3.8, 4) is 0 Å². The fraction of sp³-hybridized carbons (Fsp3) is 0.350. The molecule has 15 nitrogen and oxygen atoms in total. The molecule has 0 aliphatic carbocycles. The van der Waals surface area contributed by atoms with Crippen LogP contribution < -0.4 is 20.3 Å². The van der Waals surface area contributed by atoms with E-state index in [0.717, 1.165) is 22.7 Å². The Kier molecular flexibility index (Phi) is 7.83. The van der Waals surface area contributed by atoms with Crippen LogP contribution >= 0.6 is 23.3 Å². The molecule has 2 atom stereocenters. The lowest BCUT2D eigenvalue weighted by molar-refractivity contribution is -0.688. The molecule has 0 aromatic carbocycles. The van der Waals surface area contributed by atoms with Crippen LogP contribution in [0.5, 0.6) is 0 Å². The number of oxime groups is 1. The van der Waals surface area contributed by atoms with Crippen molar-refractivity contribution < 1.29 is 37.3 Å². The summed E-state index contributed by atoms with van der Waals surface area (Å²) >= 11 is 2.15. The molecule has 5 N–H and O–H groups in total. The summed E-state index contributed by atoms with van der Waals surface area (Å²) < 4.78 is 31.0. The third-order valence-electron chi connectivity index (χ3n) is 5.22. The Labute approximate surface area is 225 Å². The van der Waals surface area contributed by atoms with Crippen molar-refractivity contribution >= 4 is 67.6 Å². The number of sulfonamides is 1. The van der Waals surface area contributed by atoms with Crippen molar-refractivity contribution in [3.05, 3.63) is 41.6 Å². The van der Waals surface area contributed by atoms with Gasteiger partial charge in [0, 0.05) is 28.9 Å². The van der Waals surface area contributed by atoms with Crippen LogP contribution in [-0.2, 0) is 35.8 Å². The predicted octanol–water partition coefficient (Wildman–Crippen LogP) is -1.04. The summed E-state index contributed by atoms with van der Waals surface area (Å²) in [6, 6.07) is 2.15. The Bertz CT molecular complexity index is 1460. The molecule has 2 aromatic rings. The SMILES string of the molecule is CCON=C(C(=O)NC1C(=O)N2C(C(=O)O)=C(C[n+]3cccc(NS(C)(=O)=O)c3)CS[C@@H]12)c1nsc(N)n1. The molecule has 4 rings (SSSR count). The highest BCUT2D eigenvalue weighted by molar-refractivity contribution is 8.00. The lowest BCUT2D eigenvalue weighted by Crippen LogP contribution is -2.71. The Morgan fingerprint density at radius 1 is 1.42 bits per heavy atom. The Hall–Kier alpha value is -3.77. The van der Waals surface area contributed by atoms with Gasteiger partial charge in [-0.2, -0.15) is 13.9 Å². The summed E-state index contributed by atoms with van der Waals surface area (Å²) in [6.07, 6.45) is 4.19. The van der Waals surface area contributed by atoms with Crippen molar-refractivity contribution in [2.24, 2.45) is 5.16 Å². The molecule has 1 saturated heterocycles. The summed E-state index contributed by atoms with van der Waals surface area (Å²) in [6.45, 7) is 1.94. The number of carbonyl (C=O) groups excluding carboxylic acids is 2. The van der Waals surface area contributed by atoms with Gasteiger partial charge in [0.2, 0.25) is 21.6 Å². The number of rotatable bonds is 10. The standard InChI is InChI=1S/C20H22N8O7S3/c1-3-35-24-12(15-23-20(21)37-25-15)16(29)22-13-17(30)28-14(19(31)32)10(9-36-18(13)28)7-27-6-4-5-11(8-27)26-38(2,33)34/h4-6,8,13,18,26H,3,7,9H2,1-2H3,(H3-,21,22,23,25,29,31,32)/p+1/t13?,18-/m0/s1. The number of nitrogens with zero attached hydrogens (tertiary/aromatic N) is 5. The van der Waals surface area contributed by atoms with Gasteiger partial charge in [-0.3, -0.25) is 19.2 Å². The minimum absolute atomic E-state index is 0.0589. The molecule has 2 amide bonds. The van der Waals surface area contributed by atoms with Gasteiger partial charge in [-0.15, -0.1) is 11.8 Å². The highest BCUT2D eigenvalue weighted by Crippen LogP contribution is 2.40. The van der Waals surface area contributed by atoms with Gasteiger partial charge in [0.05, 0.1) is 6.26 Å². The predicted molar refractivity (Wildman–Crippen MR) is 137 cm³/mol. The van der Waals surface area contributed by atoms with Gasteiger partial charge in [0.1, 0.15) is 29.4 Å². The second kappa shape index (κ2) is 10.9. The van der Waals surface area contributed by atoms with Crippen LogP contribution in [0.4, 0.5) is 10.8 Å². The van der Waals surface area contributed by atoms with Gasteiger partial charge >= 0.3 is 5.97 Å². The minimum Gasteiger partial charge on any atom is -0.477 e. The molecule has 2 aliphatic rings. The third kappa shape index (κ3) is 5.86. The van der Waals surface area contributed by atoms with Crippen LogP contribution in [0.25, 0.3) is 0 Å². The Morgan fingerprint density at radius 2 is 2.18 bits per heavy atom. The molecule has 38 heavy (non-hydrogen) atoms. The number of nitrogen functional groups attached to an aromatic ring is 1. The summed E-state index contributed by atoms with van der Waals surface area (Å²) in [4.78, 5) is 48.2. The summed E-state index contributed by atoms with van der Waals surface area (Å²) in [5.41, 5.74) is 5.90. The molecule has 1 fully saturated rings. The quantitative estimate of drug-likeness (QED) is 0.115. The number of nitrogens with two attached hydrogens (primary N) is 1. The van der Waals surface area contributed by atoms with E-state index in [9.17, 15) is 27.9 Å². The second-order valence-electron chi connectivity index (χ2n) is 8.07. The van der Waals surface area contributed by atoms with Crippen LogP contribution in [0.3, 0.4) is 0 Å². The van der Waals surface area contributed by atoms with Crippen molar-refractivity contribution in [2.45, 2.75) is 24.9 Å². The van der Waals surface area contributed by atoms with Gasteiger partial charge in [-0.1, -0.05) is 5.16 Å². The van der Waals surface area contributed by atoms with E-state index in [1.54, 1.807) is 29.8 Å². The summed E-state index contributed by atoms with van der Waals surface area (Å²) in [7, 11) is -3.50. The molecule has 0 saturated carbocycles. The highest BCUT2D eigenvalue weighted by Gasteiger charge is 2.54. The second-order valence-corrected chi connectivity index (χ2v) is 11.7. The lowest BCUT2D eigenvalue weighted by atomic mass is 10.0. The van der Waals surface area contributed by atoms with Gasteiger partial charge in [0.25, 0.3) is 11.8 Å². The molecular weight excluding hydrogens is 560 g/mol. The smallest absolute Gasteiger partial charge is 0.352 e. The van der Waals surface area contributed by atoms with E-state index in [0.29, 0.717) is 11.3 Å². The molecule has 0 radical (unpaired) electrons. The van der Waals surface area contributed by atoms with Crippen LogP contribution in [-0.4, -0.2) is 81.3 Å². The molecule has 0 spiro atoms. The lowest BCUT2D eigenvalue weighted by Gasteiger charge is -2.49. The van der Waals surface area contributed by atoms with E-state index in [1.807, 2.05) is 0 Å². The van der Waals surface area contributed by atoms with Crippen molar-refractivity contribution in [1.29, 1.82) is 0 Å². The average Bonchev–Trinajstić information content (AvgIpc) is 3.27. The first-order chi connectivity index (χ1) is 18.0. The fourth-order valence-electron chi connectivity index (χ4n) is 3.77. The van der Waals surface area contributed by atoms with Gasteiger partial charge in [-0.25, -0.2) is 13.2 Å². The van der Waals surface area contributed by atoms with Crippen LogP contribution in [0.1, 0.15) is 12.7 Å². The molecule has 18 heteroatoms. The van der Waals surface area contributed by atoms with Crippen molar-refractivity contribution in [1.82, 2.24) is 19.6 Å². The number of hydrogen-bond donors (Lipinski definition) is 4. The van der Waals surface area contributed by atoms with Crippen LogP contribution in [0, 0.1) is 0 Å². The normalized spacial score (nSPS) is 19.5. The Morgan fingerprint density at radius 3 is 2.82 bits per heavy atom. The van der Waals surface area contributed by atoms with Crippen LogP contribution in [0.2, 0.25) is 0 Å². The molecule has 0 bridgehead atoms. The molecule has 202 valence electrons. The number of aliphatic carboxylic acids is 1. The van der Waals surface area contributed by atoms with E-state index in [1.165, 1.54) is 18.0 Å². The minimum atomic E-state index is -3.50. The molecular formula is C20H23N8O7S3+. The van der Waals surface area contributed by atoms with Crippen molar-refractivity contribution in [3.63, 3.8) is 0 Å². The number of aromatic nitrogens is 3. The number of pyridine rings is 1. The first-order valence-corrected chi connectivity index (χ1v) is 14.7. The van der Waals surface area contributed by atoms with Gasteiger partial charge in [-0.05, 0) is 13.0 Å². The summed E-state index contributed by atoms with van der Waals surface area (Å²) in [5.74, 6) is -2.48. The number of fused-ring (bicyclic) bond motifs is 1. The van der Waals surface area contributed by atoms with E-state index >= 15 is 0 Å². The summed E-state index contributed by atoms with van der Waals surface area (Å²) in [5, 5.41) is 15.7. The molecule has 2 aromatic heterocycles. The number of carboxylic acid groups (broad SMARTS) is 1. The van der Waals surface area contributed by atoms with E-state index < -0.39 is 39.2 Å². The fourth-order valence-corrected chi connectivity index (χ4v) is 6.09. The zero-order valence-electron chi connectivity index (χ0n) is 20.0. The first-order valence-electron chi connectivity index (χ1n) is 11.0. The molecule has 2 aliphatic heterocycles. The number of β-lactam (4-membered cyclic amide) rings is 1. The first kappa shape index (κ1) is 27.3. The van der Waals surface area contributed by atoms with E-state index in [2.05, 4.69) is 24.6 Å². The monoisotopic (exact) mass is 583 g/mol. The van der Waals surface area contributed by atoms with E-state index in [4.69, 9.17) is 10.6 Å². The van der Waals surface area contributed by atoms with E-state index in [-0.39, 0.29) is 41.3 Å². The topological polar surface area (TPSA) is 210 Å². The average molecular weight is 584 g/mol. The number of hydrogen-bond acceptors (Lipinski definition) is 12. The number of anilines is 2. The van der Waals surface area contributed by atoms with Crippen LogP contribution in [0.15, 0.2) is 41.0 Å². The third-order valence-corrected chi connectivity index (χ3v) is 7.71. The number of thioether (sulfide) groups is 1. The maximum atomic E-state index is 13.0. The number of amides is 2. The van der Waals surface area contributed by atoms with Gasteiger partial charge < -0.3 is 21.0 Å². The zero-order valence-corrected chi connectivity index (χ0v) is 22.5. The maximum Gasteiger partial charge on any atom is 0.352 e. The molecule has 4 heterocycles. The Balaban J connectivity index is 1.53. The number of carboxylic acids is 1. The van der Waals surface area contributed by atoms with Crippen molar-refractivity contribution in [2.75, 3.05) is 29.1 Å².